The molecule has 0 N–H and O–H groups in total. The van der Waals surface area contributed by atoms with Crippen molar-refractivity contribution in [2.75, 3.05) is 0 Å². The standard InChI is InChI=1S/C17H15NO/c18-12-14(13-19)11-17(15-7-3-1-4-8-15)16-9-5-2-6-10-16/h1-10,13-14,17H,11H2. The highest BCUT2D eigenvalue weighted by molar-refractivity contribution is 5.58. The second-order valence-corrected chi connectivity index (χ2v) is 4.48. The summed E-state index contributed by atoms with van der Waals surface area (Å²) in [5, 5.41) is 8.99. The Bertz CT molecular complexity index is 517. The normalized spacial score (nSPS) is 11.8. The van der Waals surface area contributed by atoms with Gasteiger partial charge in [-0.05, 0) is 17.5 Å². The van der Waals surface area contributed by atoms with Gasteiger partial charge in [-0.3, -0.25) is 0 Å². The molecule has 19 heavy (non-hydrogen) atoms. The van der Waals surface area contributed by atoms with E-state index in [1.165, 1.54) is 0 Å². The van der Waals surface area contributed by atoms with Crippen molar-refractivity contribution in [3.05, 3.63) is 71.8 Å². The van der Waals surface area contributed by atoms with Crippen molar-refractivity contribution >= 4 is 6.29 Å². The molecule has 2 nitrogen and oxygen atoms in total. The topological polar surface area (TPSA) is 40.9 Å². The number of nitriles is 1. The lowest BCUT2D eigenvalue weighted by atomic mass is 9.84. The van der Waals surface area contributed by atoms with Crippen LogP contribution in [-0.4, -0.2) is 6.29 Å². The quantitative estimate of drug-likeness (QED) is 0.760. The highest BCUT2D eigenvalue weighted by atomic mass is 16.1. The molecule has 0 spiro atoms. The summed E-state index contributed by atoms with van der Waals surface area (Å²) < 4.78 is 0. The lowest BCUT2D eigenvalue weighted by Crippen LogP contribution is -2.09. The fourth-order valence-electron chi connectivity index (χ4n) is 2.23. The van der Waals surface area contributed by atoms with Crippen LogP contribution < -0.4 is 0 Å². The van der Waals surface area contributed by atoms with Crippen LogP contribution in [0.2, 0.25) is 0 Å². The molecule has 0 aliphatic heterocycles. The predicted octanol–water partition coefficient (Wildman–Crippen LogP) is 3.55. The number of nitrogens with zero attached hydrogens (tertiary/aromatic N) is 1. The first-order valence-corrected chi connectivity index (χ1v) is 6.30. The average Bonchev–Trinajstić information content (AvgIpc) is 2.50. The number of benzene rings is 2. The zero-order valence-electron chi connectivity index (χ0n) is 10.6. The number of aldehydes is 1. The van der Waals surface area contributed by atoms with Gasteiger partial charge in [0.05, 0.1) is 6.07 Å². The zero-order chi connectivity index (χ0) is 13.5. The average molecular weight is 249 g/mol. The van der Waals surface area contributed by atoms with Crippen LogP contribution in [0, 0.1) is 17.2 Å². The van der Waals surface area contributed by atoms with Gasteiger partial charge in [-0.2, -0.15) is 5.26 Å². The lowest BCUT2D eigenvalue weighted by molar-refractivity contribution is -0.109. The second-order valence-electron chi connectivity index (χ2n) is 4.48. The van der Waals surface area contributed by atoms with Crippen molar-refractivity contribution in [3.63, 3.8) is 0 Å². The van der Waals surface area contributed by atoms with E-state index in [-0.39, 0.29) is 5.92 Å². The van der Waals surface area contributed by atoms with Gasteiger partial charge in [-0.1, -0.05) is 60.7 Å². The van der Waals surface area contributed by atoms with Gasteiger partial charge in [0.25, 0.3) is 0 Å². The molecule has 1 atom stereocenters. The number of rotatable bonds is 5. The molecule has 0 saturated carbocycles. The van der Waals surface area contributed by atoms with Crippen LogP contribution in [0.15, 0.2) is 60.7 Å². The lowest BCUT2D eigenvalue weighted by Gasteiger charge is -2.18. The fraction of sp³-hybridized carbons (Fsp3) is 0.176. The Morgan fingerprint density at radius 3 is 1.79 bits per heavy atom. The summed E-state index contributed by atoms with van der Waals surface area (Å²) in [4.78, 5) is 10.9. The molecule has 0 aliphatic rings. The smallest absolute Gasteiger partial charge is 0.137 e. The van der Waals surface area contributed by atoms with Gasteiger partial charge in [-0.25, -0.2) is 0 Å². The fourth-order valence-corrected chi connectivity index (χ4v) is 2.23. The molecule has 0 heterocycles. The summed E-state index contributed by atoms with van der Waals surface area (Å²) in [6.07, 6.45) is 1.26. The Kier molecular flexibility index (Phi) is 4.47. The van der Waals surface area contributed by atoms with Crippen molar-refractivity contribution < 1.29 is 4.79 Å². The number of carbonyl (C=O) groups excluding carboxylic acids is 1. The molecule has 2 aromatic carbocycles. The molecular formula is C17H15NO. The summed E-state index contributed by atoms with van der Waals surface area (Å²) in [6.45, 7) is 0. The largest absolute Gasteiger partial charge is 0.302 e. The van der Waals surface area contributed by atoms with Crippen molar-refractivity contribution in [1.82, 2.24) is 0 Å². The first-order valence-electron chi connectivity index (χ1n) is 6.30. The van der Waals surface area contributed by atoms with Gasteiger partial charge in [-0.15, -0.1) is 0 Å². The molecule has 0 aromatic heterocycles. The molecule has 1 unspecified atom stereocenters. The molecule has 0 amide bonds. The Morgan fingerprint density at radius 1 is 0.947 bits per heavy atom. The molecule has 0 aliphatic carbocycles. The number of carbonyl (C=O) groups is 1. The minimum Gasteiger partial charge on any atom is -0.302 e. The van der Waals surface area contributed by atoms with E-state index in [1.54, 1.807) is 0 Å². The van der Waals surface area contributed by atoms with E-state index < -0.39 is 5.92 Å². The predicted molar refractivity (Wildman–Crippen MR) is 74.5 cm³/mol. The van der Waals surface area contributed by atoms with E-state index in [4.69, 9.17) is 5.26 Å². The van der Waals surface area contributed by atoms with Crippen molar-refractivity contribution in [2.45, 2.75) is 12.3 Å². The Labute approximate surface area is 113 Å². The van der Waals surface area contributed by atoms with Crippen LogP contribution in [-0.2, 0) is 4.79 Å². The summed E-state index contributed by atoms with van der Waals surface area (Å²) >= 11 is 0. The third-order valence-corrected chi connectivity index (χ3v) is 3.22. The van der Waals surface area contributed by atoms with Crippen molar-refractivity contribution in [1.29, 1.82) is 5.26 Å². The van der Waals surface area contributed by atoms with Gasteiger partial charge in [0.1, 0.15) is 12.2 Å². The Balaban J connectivity index is 2.34. The maximum absolute atomic E-state index is 10.9. The van der Waals surface area contributed by atoms with Gasteiger partial charge in [0.2, 0.25) is 0 Å². The summed E-state index contributed by atoms with van der Waals surface area (Å²) in [6, 6.07) is 22.1. The van der Waals surface area contributed by atoms with E-state index in [0.29, 0.717) is 6.42 Å². The minimum absolute atomic E-state index is 0.0808. The molecule has 0 radical (unpaired) electrons. The summed E-state index contributed by atoms with van der Waals surface area (Å²) in [5.41, 5.74) is 2.27. The van der Waals surface area contributed by atoms with Crippen LogP contribution >= 0.6 is 0 Å². The van der Waals surface area contributed by atoms with E-state index in [9.17, 15) is 4.79 Å². The first kappa shape index (κ1) is 13.0. The molecule has 0 bridgehead atoms. The summed E-state index contributed by atoms with van der Waals surface area (Å²) in [7, 11) is 0. The highest BCUT2D eigenvalue weighted by Gasteiger charge is 2.19. The van der Waals surface area contributed by atoms with Crippen LogP contribution in [0.4, 0.5) is 0 Å². The van der Waals surface area contributed by atoms with Crippen molar-refractivity contribution in [3.8, 4) is 6.07 Å². The molecule has 0 fully saturated rings. The van der Waals surface area contributed by atoms with Gasteiger partial charge >= 0.3 is 0 Å². The van der Waals surface area contributed by atoms with Crippen LogP contribution in [0.1, 0.15) is 23.5 Å². The van der Waals surface area contributed by atoms with E-state index >= 15 is 0 Å². The van der Waals surface area contributed by atoms with E-state index in [2.05, 4.69) is 6.07 Å². The molecule has 2 aromatic rings. The molecule has 94 valence electrons. The minimum atomic E-state index is -0.564. The Morgan fingerprint density at radius 2 is 1.42 bits per heavy atom. The third-order valence-electron chi connectivity index (χ3n) is 3.22. The third kappa shape index (κ3) is 3.29. The van der Waals surface area contributed by atoms with Gasteiger partial charge in [0, 0.05) is 5.92 Å². The van der Waals surface area contributed by atoms with Crippen LogP contribution in [0.25, 0.3) is 0 Å². The van der Waals surface area contributed by atoms with E-state index in [1.807, 2.05) is 60.7 Å². The van der Waals surface area contributed by atoms with E-state index in [0.717, 1.165) is 17.4 Å². The summed E-state index contributed by atoms with van der Waals surface area (Å²) in [5.74, 6) is -0.484. The number of hydrogen-bond donors (Lipinski definition) is 0. The molecule has 2 rings (SSSR count). The van der Waals surface area contributed by atoms with Crippen LogP contribution in [0.5, 0.6) is 0 Å². The number of hydrogen-bond acceptors (Lipinski definition) is 2. The van der Waals surface area contributed by atoms with Gasteiger partial charge < -0.3 is 4.79 Å². The monoisotopic (exact) mass is 249 g/mol. The van der Waals surface area contributed by atoms with Gasteiger partial charge in [0.15, 0.2) is 0 Å². The SMILES string of the molecule is N#CC(C=O)CC(c1ccccc1)c1ccccc1. The second kappa shape index (κ2) is 6.51. The Hall–Kier alpha value is -2.40. The highest BCUT2D eigenvalue weighted by Crippen LogP contribution is 2.30. The van der Waals surface area contributed by atoms with Crippen molar-refractivity contribution in [2.24, 2.45) is 5.92 Å². The molecule has 0 saturated heterocycles. The first-order chi connectivity index (χ1) is 9.35. The maximum atomic E-state index is 10.9. The molecule has 2 heteroatoms. The molecular weight excluding hydrogens is 234 g/mol. The zero-order valence-corrected chi connectivity index (χ0v) is 10.6. The van der Waals surface area contributed by atoms with Crippen LogP contribution in [0.3, 0.4) is 0 Å². The maximum Gasteiger partial charge on any atom is 0.137 e.